The minimum Gasteiger partial charge on any atom is -0.381 e. The number of rotatable bonds is 0. The molecule has 2 heterocycles. The first-order chi connectivity index (χ1) is 4.88. The Kier molecular flexibility index (Phi) is 2.15. The fourth-order valence-corrected chi connectivity index (χ4v) is 2.90. The van der Waals surface area contributed by atoms with Crippen molar-refractivity contribution < 1.29 is 4.74 Å². The van der Waals surface area contributed by atoms with E-state index in [1.807, 2.05) is 0 Å². The molecule has 0 spiro atoms. The molecule has 10 heavy (non-hydrogen) atoms. The first-order valence-electron chi connectivity index (χ1n) is 3.88. The Morgan fingerprint density at radius 1 is 1.40 bits per heavy atom. The van der Waals surface area contributed by atoms with Crippen LogP contribution in [0.2, 0.25) is 0 Å². The van der Waals surface area contributed by atoms with Gasteiger partial charge >= 0.3 is 0 Å². The predicted octanol–water partition coefficient (Wildman–Crippen LogP) is 1.45. The third-order valence-corrected chi connectivity index (χ3v) is 3.71. The Labute approximate surface area is 75.4 Å². The molecule has 2 fully saturated rings. The lowest BCUT2D eigenvalue weighted by Gasteiger charge is -2.27. The van der Waals surface area contributed by atoms with Crippen LogP contribution in [0.25, 0.3) is 0 Å². The monoisotopic (exact) mass is 253 g/mol. The van der Waals surface area contributed by atoms with Crippen LogP contribution in [-0.4, -0.2) is 28.9 Å². The maximum absolute atomic E-state index is 5.40. The zero-order chi connectivity index (χ0) is 6.97. The SMILES string of the molecule is IN1CCC2COCCC21. The van der Waals surface area contributed by atoms with Crippen molar-refractivity contribution in [2.75, 3.05) is 19.8 Å². The molecule has 2 atom stereocenters. The fraction of sp³-hybridized carbons (Fsp3) is 1.00. The zero-order valence-electron chi connectivity index (χ0n) is 5.92. The number of ether oxygens (including phenoxy) is 1. The van der Waals surface area contributed by atoms with Crippen LogP contribution in [0, 0.1) is 5.92 Å². The van der Waals surface area contributed by atoms with E-state index in [0.29, 0.717) is 0 Å². The summed E-state index contributed by atoms with van der Waals surface area (Å²) in [7, 11) is 0. The van der Waals surface area contributed by atoms with Crippen molar-refractivity contribution in [2.24, 2.45) is 5.92 Å². The molecule has 2 saturated heterocycles. The van der Waals surface area contributed by atoms with Crippen LogP contribution in [0.3, 0.4) is 0 Å². The van der Waals surface area contributed by atoms with Crippen LogP contribution in [0.4, 0.5) is 0 Å². The van der Waals surface area contributed by atoms with E-state index in [1.54, 1.807) is 0 Å². The lowest BCUT2D eigenvalue weighted by molar-refractivity contribution is 0.0399. The minimum atomic E-state index is 0.828. The predicted molar refractivity (Wildman–Crippen MR) is 48.1 cm³/mol. The summed E-state index contributed by atoms with van der Waals surface area (Å²) in [6.07, 6.45) is 2.58. The summed E-state index contributed by atoms with van der Waals surface area (Å²) in [4.78, 5) is 0. The molecule has 0 aromatic rings. The van der Waals surface area contributed by atoms with Crippen molar-refractivity contribution in [3.63, 3.8) is 0 Å². The lowest BCUT2D eigenvalue weighted by atomic mass is 9.98. The van der Waals surface area contributed by atoms with E-state index in [4.69, 9.17) is 4.74 Å². The number of hydrogen-bond donors (Lipinski definition) is 0. The number of hydrogen-bond acceptors (Lipinski definition) is 2. The van der Waals surface area contributed by atoms with Gasteiger partial charge in [-0.2, -0.15) is 0 Å². The molecular formula is C7H12INO. The first kappa shape index (κ1) is 7.31. The molecule has 0 aliphatic carbocycles. The van der Waals surface area contributed by atoms with Crippen LogP contribution < -0.4 is 0 Å². The number of nitrogens with zero attached hydrogens (tertiary/aromatic N) is 1. The van der Waals surface area contributed by atoms with Crippen molar-refractivity contribution in [3.8, 4) is 0 Å². The average Bonchev–Trinajstić information content (AvgIpc) is 2.34. The summed E-state index contributed by atoms with van der Waals surface area (Å²) < 4.78 is 7.85. The molecule has 0 amide bonds. The molecule has 2 aliphatic heterocycles. The van der Waals surface area contributed by atoms with Gasteiger partial charge in [0, 0.05) is 42.1 Å². The second-order valence-corrected chi connectivity index (χ2v) is 4.34. The molecule has 0 aromatic carbocycles. The summed E-state index contributed by atoms with van der Waals surface area (Å²) >= 11 is 2.44. The largest absolute Gasteiger partial charge is 0.381 e. The fourth-order valence-electron chi connectivity index (χ4n) is 1.89. The second-order valence-electron chi connectivity index (χ2n) is 3.10. The van der Waals surface area contributed by atoms with E-state index in [1.165, 1.54) is 19.4 Å². The zero-order valence-corrected chi connectivity index (χ0v) is 8.08. The highest BCUT2D eigenvalue weighted by molar-refractivity contribution is 14.1. The normalized spacial score (nSPS) is 41.7. The van der Waals surface area contributed by atoms with Gasteiger partial charge in [0.2, 0.25) is 0 Å². The van der Waals surface area contributed by atoms with Crippen molar-refractivity contribution in [3.05, 3.63) is 0 Å². The van der Waals surface area contributed by atoms with E-state index < -0.39 is 0 Å². The maximum atomic E-state index is 5.40. The number of halogens is 1. The third-order valence-electron chi connectivity index (χ3n) is 2.51. The Balaban J connectivity index is 2.01. The van der Waals surface area contributed by atoms with Crippen LogP contribution in [0.1, 0.15) is 12.8 Å². The van der Waals surface area contributed by atoms with Crippen LogP contribution in [0.15, 0.2) is 0 Å². The summed E-state index contributed by atoms with van der Waals surface area (Å²) in [5.41, 5.74) is 0. The molecular weight excluding hydrogens is 241 g/mol. The van der Waals surface area contributed by atoms with Crippen LogP contribution >= 0.6 is 22.9 Å². The van der Waals surface area contributed by atoms with Gasteiger partial charge in [-0.15, -0.1) is 0 Å². The topological polar surface area (TPSA) is 12.5 Å². The molecule has 2 rings (SSSR count). The Hall–Kier alpha value is 0.650. The molecule has 0 aromatic heterocycles. The van der Waals surface area contributed by atoms with E-state index in [0.717, 1.165) is 25.2 Å². The quantitative estimate of drug-likeness (QED) is 0.478. The summed E-state index contributed by atoms with van der Waals surface area (Å²) in [5, 5.41) is 0. The smallest absolute Gasteiger partial charge is 0.0510 e. The molecule has 2 unspecified atom stereocenters. The Bertz CT molecular complexity index is 129. The highest BCUT2D eigenvalue weighted by atomic mass is 127. The average molecular weight is 253 g/mol. The van der Waals surface area contributed by atoms with Gasteiger partial charge in [0.05, 0.1) is 6.61 Å². The van der Waals surface area contributed by atoms with Gasteiger partial charge in [-0.1, -0.05) is 0 Å². The molecule has 0 radical (unpaired) electrons. The van der Waals surface area contributed by atoms with Gasteiger partial charge in [0.15, 0.2) is 0 Å². The molecule has 58 valence electrons. The molecule has 2 aliphatic rings. The third kappa shape index (κ3) is 1.19. The molecule has 2 nitrogen and oxygen atoms in total. The first-order valence-corrected chi connectivity index (χ1v) is 4.84. The van der Waals surface area contributed by atoms with E-state index in [9.17, 15) is 0 Å². The maximum Gasteiger partial charge on any atom is 0.0510 e. The summed E-state index contributed by atoms with van der Waals surface area (Å²) in [5.74, 6) is 0.839. The second kappa shape index (κ2) is 2.95. The van der Waals surface area contributed by atoms with Gasteiger partial charge in [0.25, 0.3) is 0 Å². The molecule has 0 saturated carbocycles. The minimum absolute atomic E-state index is 0.828. The van der Waals surface area contributed by atoms with Crippen molar-refractivity contribution in [1.29, 1.82) is 0 Å². The molecule has 3 heteroatoms. The summed E-state index contributed by atoms with van der Waals surface area (Å²) in [6.45, 7) is 3.24. The van der Waals surface area contributed by atoms with Gasteiger partial charge in [-0.05, 0) is 18.8 Å². The van der Waals surface area contributed by atoms with E-state index in [2.05, 4.69) is 26.0 Å². The van der Waals surface area contributed by atoms with Crippen molar-refractivity contribution in [2.45, 2.75) is 18.9 Å². The van der Waals surface area contributed by atoms with E-state index >= 15 is 0 Å². The van der Waals surface area contributed by atoms with Crippen LogP contribution in [0.5, 0.6) is 0 Å². The van der Waals surface area contributed by atoms with Gasteiger partial charge in [-0.3, -0.25) is 0 Å². The van der Waals surface area contributed by atoms with Crippen molar-refractivity contribution >= 4 is 22.9 Å². The van der Waals surface area contributed by atoms with Gasteiger partial charge in [0.1, 0.15) is 0 Å². The highest BCUT2D eigenvalue weighted by Gasteiger charge is 2.34. The molecule has 0 bridgehead atoms. The van der Waals surface area contributed by atoms with Gasteiger partial charge in [-0.25, -0.2) is 3.11 Å². The van der Waals surface area contributed by atoms with E-state index in [-0.39, 0.29) is 0 Å². The van der Waals surface area contributed by atoms with Crippen molar-refractivity contribution in [1.82, 2.24) is 3.11 Å². The molecule has 0 N–H and O–H groups in total. The van der Waals surface area contributed by atoms with Gasteiger partial charge < -0.3 is 4.74 Å². The number of fused-ring (bicyclic) bond motifs is 1. The lowest BCUT2D eigenvalue weighted by Crippen LogP contribution is -2.33. The highest BCUT2D eigenvalue weighted by Crippen LogP contribution is 2.32. The summed E-state index contributed by atoms with van der Waals surface area (Å²) in [6, 6.07) is 0.828. The Morgan fingerprint density at radius 2 is 2.30 bits per heavy atom. The Morgan fingerprint density at radius 3 is 3.10 bits per heavy atom. The van der Waals surface area contributed by atoms with Crippen LogP contribution in [-0.2, 0) is 4.74 Å². The standard InChI is InChI=1S/C7H12INO/c8-9-3-1-6-5-10-4-2-7(6)9/h6-7H,1-5H2.